The number of aromatic nitrogens is 1. The predicted octanol–water partition coefficient (Wildman–Crippen LogP) is 2.01. The third kappa shape index (κ3) is 4.81. The van der Waals surface area contributed by atoms with Crippen LogP contribution in [0.25, 0.3) is 10.9 Å². The maximum atomic E-state index is 7.36. The van der Waals surface area contributed by atoms with Gasteiger partial charge in [0.05, 0.1) is 23.7 Å². The zero-order valence-electron chi connectivity index (χ0n) is 12.4. The van der Waals surface area contributed by atoms with Gasteiger partial charge in [-0.2, -0.15) is 0 Å². The molecule has 0 fully saturated rings. The van der Waals surface area contributed by atoms with Crippen LogP contribution in [0.5, 0.6) is 0 Å². The summed E-state index contributed by atoms with van der Waals surface area (Å²) in [6.07, 6.45) is 0.567. The molecule has 112 valence electrons. The fourth-order valence-corrected chi connectivity index (χ4v) is 2.19. The van der Waals surface area contributed by atoms with Crippen molar-refractivity contribution >= 4 is 16.7 Å². The third-order valence-corrected chi connectivity index (χ3v) is 3.35. The van der Waals surface area contributed by atoms with E-state index in [4.69, 9.17) is 15.9 Å². The van der Waals surface area contributed by atoms with Crippen LogP contribution in [-0.4, -0.2) is 42.5 Å². The van der Waals surface area contributed by atoms with Gasteiger partial charge in [-0.15, -0.1) is 0 Å². The van der Waals surface area contributed by atoms with Crippen molar-refractivity contribution < 1.29 is 4.74 Å². The molecule has 2 aromatic rings. The van der Waals surface area contributed by atoms with E-state index in [0.717, 1.165) is 36.2 Å². The minimum atomic E-state index is 0.212. The first-order valence-corrected chi connectivity index (χ1v) is 7.08. The predicted molar refractivity (Wildman–Crippen MR) is 85.4 cm³/mol. The van der Waals surface area contributed by atoms with Crippen molar-refractivity contribution in [1.82, 2.24) is 9.88 Å². The molecule has 5 nitrogen and oxygen atoms in total. The lowest BCUT2D eigenvalue weighted by Gasteiger charge is -2.21. The average Bonchev–Trinajstić information content (AvgIpc) is 2.49. The number of rotatable bonds is 8. The molecule has 0 saturated carbocycles. The highest BCUT2D eigenvalue weighted by Crippen LogP contribution is 2.13. The second-order valence-corrected chi connectivity index (χ2v) is 5.04. The first-order valence-electron chi connectivity index (χ1n) is 7.08. The summed E-state index contributed by atoms with van der Waals surface area (Å²) in [6.45, 7) is 2.94. The number of pyridine rings is 1. The van der Waals surface area contributed by atoms with Crippen LogP contribution in [0.4, 0.5) is 0 Å². The average molecular weight is 286 g/mol. The van der Waals surface area contributed by atoms with E-state index in [9.17, 15) is 0 Å². The van der Waals surface area contributed by atoms with Crippen LogP contribution in [0.1, 0.15) is 12.1 Å². The first kappa shape index (κ1) is 15.4. The van der Waals surface area contributed by atoms with E-state index >= 15 is 0 Å². The number of ether oxygens (including phenoxy) is 1. The van der Waals surface area contributed by atoms with Gasteiger partial charge in [-0.3, -0.25) is 15.3 Å². The number of nitrogens with two attached hydrogens (primary N) is 1. The zero-order chi connectivity index (χ0) is 15.1. The number of methoxy groups -OCH3 is 1. The Morgan fingerprint density at radius 1 is 1.24 bits per heavy atom. The molecule has 0 amide bonds. The highest BCUT2D eigenvalue weighted by molar-refractivity contribution is 5.78. The van der Waals surface area contributed by atoms with E-state index in [-0.39, 0.29) is 5.84 Å². The third-order valence-electron chi connectivity index (χ3n) is 3.35. The Kier molecular flexibility index (Phi) is 5.66. The Balaban J connectivity index is 2.07. The number of nitrogens with one attached hydrogen (secondary N) is 1. The molecule has 1 heterocycles. The number of hydrogen-bond acceptors (Lipinski definition) is 4. The van der Waals surface area contributed by atoms with Gasteiger partial charge in [-0.1, -0.05) is 24.3 Å². The van der Waals surface area contributed by atoms with E-state index in [0.29, 0.717) is 13.0 Å². The maximum Gasteiger partial charge on any atom is 0.0918 e. The van der Waals surface area contributed by atoms with Gasteiger partial charge in [0.25, 0.3) is 0 Å². The van der Waals surface area contributed by atoms with Crippen LogP contribution >= 0.6 is 0 Å². The van der Waals surface area contributed by atoms with Crippen molar-refractivity contribution in [2.45, 2.75) is 13.0 Å². The minimum absolute atomic E-state index is 0.212. The largest absolute Gasteiger partial charge is 0.388 e. The highest BCUT2D eigenvalue weighted by Gasteiger charge is 2.08. The lowest BCUT2D eigenvalue weighted by molar-refractivity contribution is 0.145. The fourth-order valence-electron chi connectivity index (χ4n) is 2.19. The van der Waals surface area contributed by atoms with E-state index in [1.54, 1.807) is 7.11 Å². The number of nitrogens with zero attached hydrogens (tertiary/aromatic N) is 2. The van der Waals surface area contributed by atoms with Crippen molar-refractivity contribution in [1.29, 1.82) is 5.41 Å². The molecule has 1 aromatic heterocycles. The van der Waals surface area contributed by atoms with Gasteiger partial charge in [0, 0.05) is 38.6 Å². The van der Waals surface area contributed by atoms with E-state index in [1.165, 1.54) is 0 Å². The Morgan fingerprint density at radius 2 is 2.05 bits per heavy atom. The normalized spacial score (nSPS) is 11.1. The van der Waals surface area contributed by atoms with Crippen LogP contribution in [0.15, 0.2) is 36.4 Å². The topological polar surface area (TPSA) is 75.2 Å². The van der Waals surface area contributed by atoms with Gasteiger partial charge in [-0.05, 0) is 12.1 Å². The van der Waals surface area contributed by atoms with Crippen LogP contribution in [0.2, 0.25) is 0 Å². The number of para-hydroxylation sites is 1. The Bertz CT molecular complexity index is 600. The molecule has 0 aliphatic carbocycles. The zero-order valence-corrected chi connectivity index (χ0v) is 12.4. The lowest BCUT2D eigenvalue weighted by Crippen LogP contribution is -2.30. The van der Waals surface area contributed by atoms with Crippen LogP contribution in [0, 0.1) is 5.41 Å². The molecule has 0 radical (unpaired) electrons. The summed E-state index contributed by atoms with van der Waals surface area (Å²) >= 11 is 0. The number of amidine groups is 1. The molecule has 0 atom stereocenters. The van der Waals surface area contributed by atoms with Crippen molar-refractivity contribution in [2.75, 3.05) is 26.8 Å². The Labute approximate surface area is 125 Å². The van der Waals surface area contributed by atoms with Gasteiger partial charge in [0.15, 0.2) is 0 Å². The smallest absolute Gasteiger partial charge is 0.0918 e. The van der Waals surface area contributed by atoms with Crippen molar-refractivity contribution in [3.8, 4) is 0 Å². The quantitative estimate of drug-likeness (QED) is 0.575. The van der Waals surface area contributed by atoms with Gasteiger partial charge in [-0.25, -0.2) is 0 Å². The molecule has 1 aromatic carbocycles. The number of benzene rings is 1. The maximum absolute atomic E-state index is 7.36. The molecule has 0 bridgehead atoms. The number of fused-ring (bicyclic) bond motifs is 1. The van der Waals surface area contributed by atoms with Crippen LogP contribution in [-0.2, 0) is 11.3 Å². The highest BCUT2D eigenvalue weighted by atomic mass is 16.5. The monoisotopic (exact) mass is 286 g/mol. The standard InChI is InChI=1S/C16H22N4O/c1-21-11-10-20(9-8-16(17)18)12-14-7-6-13-4-2-3-5-15(13)19-14/h2-7H,8-12H2,1H3,(H3,17,18). The Morgan fingerprint density at radius 3 is 2.81 bits per heavy atom. The van der Waals surface area contributed by atoms with Gasteiger partial charge >= 0.3 is 0 Å². The summed E-state index contributed by atoms with van der Waals surface area (Å²) in [7, 11) is 1.69. The van der Waals surface area contributed by atoms with Crippen LogP contribution < -0.4 is 5.73 Å². The molecular formula is C16H22N4O. The van der Waals surface area contributed by atoms with Crippen molar-refractivity contribution in [2.24, 2.45) is 5.73 Å². The second-order valence-electron chi connectivity index (χ2n) is 5.04. The first-order chi connectivity index (χ1) is 10.2. The summed E-state index contributed by atoms with van der Waals surface area (Å²) in [5.74, 6) is 0.212. The molecule has 0 aliphatic heterocycles. The summed E-state index contributed by atoms with van der Waals surface area (Å²) in [4.78, 5) is 6.89. The summed E-state index contributed by atoms with van der Waals surface area (Å²) < 4.78 is 5.14. The summed E-state index contributed by atoms with van der Waals surface area (Å²) in [5.41, 5.74) is 7.48. The molecule has 0 unspecified atom stereocenters. The lowest BCUT2D eigenvalue weighted by atomic mass is 10.2. The second kappa shape index (κ2) is 7.71. The molecular weight excluding hydrogens is 264 g/mol. The number of hydrogen-bond donors (Lipinski definition) is 2. The molecule has 3 N–H and O–H groups in total. The van der Waals surface area contributed by atoms with Crippen molar-refractivity contribution in [3.63, 3.8) is 0 Å². The Hall–Kier alpha value is -1.98. The SMILES string of the molecule is COCCN(CCC(=N)N)Cc1ccc2ccccc2n1. The molecule has 0 saturated heterocycles. The van der Waals surface area contributed by atoms with Gasteiger partial charge < -0.3 is 10.5 Å². The summed E-state index contributed by atoms with van der Waals surface area (Å²) in [6, 6.07) is 12.2. The molecule has 5 heteroatoms. The fraction of sp³-hybridized carbons (Fsp3) is 0.375. The van der Waals surface area contributed by atoms with E-state index in [2.05, 4.69) is 28.1 Å². The summed E-state index contributed by atoms with van der Waals surface area (Å²) in [5, 5.41) is 8.50. The van der Waals surface area contributed by atoms with Crippen LogP contribution in [0.3, 0.4) is 0 Å². The van der Waals surface area contributed by atoms with Crippen molar-refractivity contribution in [3.05, 3.63) is 42.1 Å². The molecule has 2 rings (SSSR count). The van der Waals surface area contributed by atoms with Gasteiger partial charge in [0.2, 0.25) is 0 Å². The van der Waals surface area contributed by atoms with Gasteiger partial charge in [0.1, 0.15) is 0 Å². The molecule has 0 aliphatic rings. The molecule has 21 heavy (non-hydrogen) atoms. The van der Waals surface area contributed by atoms with E-state index < -0.39 is 0 Å². The van der Waals surface area contributed by atoms with E-state index in [1.807, 2.05) is 18.2 Å². The minimum Gasteiger partial charge on any atom is -0.388 e. The molecule has 0 spiro atoms.